The lowest BCUT2D eigenvalue weighted by Crippen LogP contribution is -2.44. The van der Waals surface area contributed by atoms with Crippen molar-refractivity contribution in [2.45, 2.75) is 0 Å². The van der Waals surface area contributed by atoms with E-state index in [0.717, 1.165) is 0 Å². The standard InChI is InChI=1S/C13H23N3O9.CH2O/c17-9-14(1-3-15(5-10(18)19)6-11(20)21)2-4-16(7-12(22)23)8-13(24)25;1-2/h17H,1-9H2,(H,18,19)(H,20,21)(H,22,23)(H,24,25);1H2. The zero-order chi connectivity index (χ0) is 21.4. The SMILES string of the molecule is C=O.O=C(O)CN(CCN(CO)CCN(CC(=O)O)CC(=O)O)CC(=O)O. The molecule has 0 aliphatic carbocycles. The summed E-state index contributed by atoms with van der Waals surface area (Å²) in [6.45, 7) is 0.0307. The molecule has 0 atom stereocenters. The van der Waals surface area contributed by atoms with Crippen LogP contribution in [0, 0.1) is 0 Å². The maximum Gasteiger partial charge on any atom is 0.317 e. The van der Waals surface area contributed by atoms with Crippen LogP contribution in [0.2, 0.25) is 0 Å². The van der Waals surface area contributed by atoms with E-state index in [0.29, 0.717) is 0 Å². The number of hydrogen-bond acceptors (Lipinski definition) is 9. The minimum Gasteiger partial charge on any atom is -0.480 e. The second-order valence-corrected chi connectivity index (χ2v) is 5.26. The highest BCUT2D eigenvalue weighted by Crippen LogP contribution is 1.96. The smallest absolute Gasteiger partial charge is 0.317 e. The molecule has 0 bridgehead atoms. The zero-order valence-electron chi connectivity index (χ0n) is 14.7. The number of carboxylic acid groups (broad SMARTS) is 4. The molecule has 156 valence electrons. The molecule has 0 saturated heterocycles. The Kier molecular flexibility index (Phi) is 15.4. The first-order valence-corrected chi connectivity index (χ1v) is 7.58. The lowest BCUT2D eigenvalue weighted by atomic mass is 10.4. The minimum absolute atomic E-state index is 0.0526. The Hall–Kier alpha value is -2.61. The minimum atomic E-state index is -1.19. The summed E-state index contributed by atoms with van der Waals surface area (Å²) in [6, 6.07) is 0. The topological polar surface area (TPSA) is 196 Å². The van der Waals surface area contributed by atoms with Crippen molar-refractivity contribution in [3.8, 4) is 0 Å². The first kappa shape index (κ1) is 26.6. The molecule has 0 aliphatic rings. The highest BCUT2D eigenvalue weighted by molar-refractivity contribution is 5.73. The lowest BCUT2D eigenvalue weighted by molar-refractivity contribution is -0.143. The zero-order valence-corrected chi connectivity index (χ0v) is 14.7. The van der Waals surface area contributed by atoms with Crippen LogP contribution < -0.4 is 0 Å². The molecule has 5 N–H and O–H groups in total. The average molecular weight is 395 g/mol. The van der Waals surface area contributed by atoms with E-state index < -0.39 is 56.8 Å². The molecule has 0 rings (SSSR count). The van der Waals surface area contributed by atoms with Crippen molar-refractivity contribution in [1.82, 2.24) is 14.7 Å². The maximum absolute atomic E-state index is 10.7. The summed E-state index contributed by atoms with van der Waals surface area (Å²) < 4.78 is 0. The number of hydrogen-bond donors (Lipinski definition) is 5. The molecular weight excluding hydrogens is 370 g/mol. The van der Waals surface area contributed by atoms with Crippen LogP contribution in [0.5, 0.6) is 0 Å². The summed E-state index contributed by atoms with van der Waals surface area (Å²) in [5.41, 5.74) is 0. The van der Waals surface area contributed by atoms with Gasteiger partial charge < -0.3 is 30.3 Å². The molecule has 27 heavy (non-hydrogen) atoms. The van der Waals surface area contributed by atoms with Crippen molar-refractivity contribution < 1.29 is 49.5 Å². The molecule has 13 nitrogen and oxygen atoms in total. The fourth-order valence-corrected chi connectivity index (χ4v) is 2.01. The third-order valence-electron chi connectivity index (χ3n) is 3.10. The van der Waals surface area contributed by atoms with Crippen molar-refractivity contribution >= 4 is 30.7 Å². The van der Waals surface area contributed by atoms with Crippen molar-refractivity contribution in [2.75, 3.05) is 59.1 Å². The van der Waals surface area contributed by atoms with Crippen LogP contribution in [0.25, 0.3) is 0 Å². The molecule has 0 unspecified atom stereocenters. The molecule has 0 aromatic heterocycles. The molecular formula is C14H25N3O10. The second-order valence-electron chi connectivity index (χ2n) is 5.26. The molecule has 0 amide bonds. The molecule has 0 saturated carbocycles. The molecule has 0 fully saturated rings. The van der Waals surface area contributed by atoms with Crippen LogP contribution >= 0.6 is 0 Å². The highest BCUT2D eigenvalue weighted by atomic mass is 16.4. The van der Waals surface area contributed by atoms with Crippen LogP contribution in [0.15, 0.2) is 0 Å². The van der Waals surface area contributed by atoms with Gasteiger partial charge in [0.15, 0.2) is 0 Å². The third-order valence-corrected chi connectivity index (χ3v) is 3.10. The number of aliphatic carboxylic acids is 4. The van der Waals surface area contributed by atoms with Gasteiger partial charge in [0, 0.05) is 26.2 Å². The van der Waals surface area contributed by atoms with E-state index in [-0.39, 0.29) is 26.2 Å². The number of aliphatic hydroxyl groups is 1. The van der Waals surface area contributed by atoms with Gasteiger partial charge in [-0.05, 0) is 0 Å². The Morgan fingerprint density at radius 3 is 0.963 bits per heavy atom. The van der Waals surface area contributed by atoms with Crippen molar-refractivity contribution in [1.29, 1.82) is 0 Å². The number of carbonyl (C=O) groups is 5. The molecule has 0 spiro atoms. The Balaban J connectivity index is 0. The van der Waals surface area contributed by atoms with Gasteiger partial charge in [0.1, 0.15) is 6.79 Å². The molecule has 0 aromatic rings. The first-order valence-electron chi connectivity index (χ1n) is 7.58. The first-order chi connectivity index (χ1) is 12.6. The van der Waals surface area contributed by atoms with E-state index in [4.69, 9.17) is 25.2 Å². The fourth-order valence-electron chi connectivity index (χ4n) is 2.01. The lowest BCUT2D eigenvalue weighted by Gasteiger charge is -2.26. The van der Waals surface area contributed by atoms with Crippen LogP contribution in [0.1, 0.15) is 0 Å². The molecule has 0 radical (unpaired) electrons. The van der Waals surface area contributed by atoms with Gasteiger partial charge in [-0.15, -0.1) is 0 Å². The summed E-state index contributed by atoms with van der Waals surface area (Å²) in [5.74, 6) is -4.76. The summed E-state index contributed by atoms with van der Waals surface area (Å²) in [7, 11) is 0. The number of nitrogens with zero attached hydrogens (tertiary/aromatic N) is 3. The van der Waals surface area contributed by atoms with Gasteiger partial charge in [0.2, 0.25) is 0 Å². The molecule has 0 aliphatic heterocycles. The quantitative estimate of drug-likeness (QED) is 0.176. The van der Waals surface area contributed by atoms with Crippen molar-refractivity contribution in [2.24, 2.45) is 0 Å². The van der Waals surface area contributed by atoms with Crippen LogP contribution in [0.3, 0.4) is 0 Å². The van der Waals surface area contributed by atoms with E-state index in [1.807, 2.05) is 6.79 Å². The Morgan fingerprint density at radius 1 is 0.556 bits per heavy atom. The number of rotatable bonds is 15. The van der Waals surface area contributed by atoms with Gasteiger partial charge >= 0.3 is 23.9 Å². The number of aliphatic hydroxyl groups excluding tert-OH is 1. The van der Waals surface area contributed by atoms with Gasteiger partial charge in [-0.25, -0.2) is 0 Å². The Labute approximate surface area is 155 Å². The monoisotopic (exact) mass is 395 g/mol. The van der Waals surface area contributed by atoms with Crippen LogP contribution in [-0.2, 0) is 24.0 Å². The van der Waals surface area contributed by atoms with Gasteiger partial charge in [-0.3, -0.25) is 33.9 Å². The van der Waals surface area contributed by atoms with Gasteiger partial charge in [0.05, 0.1) is 32.9 Å². The molecule has 0 aromatic carbocycles. The van der Waals surface area contributed by atoms with E-state index in [9.17, 15) is 24.3 Å². The number of carboxylic acids is 4. The summed E-state index contributed by atoms with van der Waals surface area (Å²) >= 11 is 0. The Morgan fingerprint density at radius 2 is 0.778 bits per heavy atom. The maximum atomic E-state index is 10.7. The predicted molar refractivity (Wildman–Crippen MR) is 89.2 cm³/mol. The van der Waals surface area contributed by atoms with E-state index >= 15 is 0 Å². The van der Waals surface area contributed by atoms with Crippen LogP contribution in [0.4, 0.5) is 0 Å². The normalized spacial score (nSPS) is 10.5. The predicted octanol–water partition coefficient (Wildman–Crippen LogP) is -3.00. The van der Waals surface area contributed by atoms with E-state index in [2.05, 4.69) is 0 Å². The van der Waals surface area contributed by atoms with Crippen molar-refractivity contribution in [3.63, 3.8) is 0 Å². The highest BCUT2D eigenvalue weighted by Gasteiger charge is 2.17. The van der Waals surface area contributed by atoms with Gasteiger partial charge in [-0.2, -0.15) is 0 Å². The van der Waals surface area contributed by atoms with E-state index in [1.165, 1.54) is 14.7 Å². The van der Waals surface area contributed by atoms with Crippen LogP contribution in [-0.4, -0.2) is 130 Å². The summed E-state index contributed by atoms with van der Waals surface area (Å²) in [4.78, 5) is 54.6. The summed E-state index contributed by atoms with van der Waals surface area (Å²) in [5, 5.41) is 44.3. The van der Waals surface area contributed by atoms with Gasteiger partial charge in [-0.1, -0.05) is 0 Å². The van der Waals surface area contributed by atoms with Gasteiger partial charge in [0.25, 0.3) is 0 Å². The largest absolute Gasteiger partial charge is 0.480 e. The summed E-state index contributed by atoms with van der Waals surface area (Å²) in [6.07, 6.45) is 0. The fraction of sp³-hybridized carbons (Fsp3) is 0.643. The second kappa shape index (κ2) is 15.6. The average Bonchev–Trinajstić information content (AvgIpc) is 2.54. The third kappa shape index (κ3) is 16.6. The molecule has 0 heterocycles. The Bertz CT molecular complexity index is 416. The molecule has 13 heteroatoms. The number of carbonyl (C=O) groups excluding carboxylic acids is 1. The van der Waals surface area contributed by atoms with Crippen molar-refractivity contribution in [3.05, 3.63) is 0 Å². The van der Waals surface area contributed by atoms with E-state index in [1.54, 1.807) is 0 Å².